The Labute approximate surface area is 97.6 Å². The number of guanidine groups is 1. The average Bonchev–Trinajstić information content (AvgIpc) is 2.81. The van der Waals surface area contributed by atoms with Crippen LogP contribution >= 0.6 is 0 Å². The summed E-state index contributed by atoms with van der Waals surface area (Å²) < 4.78 is 5.12. The zero-order valence-corrected chi connectivity index (χ0v) is 9.27. The van der Waals surface area contributed by atoms with Crippen LogP contribution < -0.4 is 15.4 Å². The zero-order valence-electron chi connectivity index (χ0n) is 9.27. The summed E-state index contributed by atoms with van der Waals surface area (Å²) in [5.41, 5.74) is 0.529. The maximum atomic E-state index is 10.7. The normalized spacial score (nSPS) is 13.8. The van der Waals surface area contributed by atoms with Crippen LogP contribution in [0, 0.1) is 10.1 Å². The fraction of sp³-hybridized carbons (Fsp3) is 0.300. The lowest BCUT2D eigenvalue weighted by molar-refractivity contribution is -0.384. The molecule has 0 bridgehead atoms. The highest BCUT2D eigenvalue weighted by molar-refractivity contribution is 5.96. The molecule has 1 aliphatic heterocycles. The van der Waals surface area contributed by atoms with Crippen molar-refractivity contribution in [2.24, 2.45) is 4.99 Å². The second-order valence-corrected chi connectivity index (χ2v) is 3.42. The Balaban J connectivity index is 2.28. The van der Waals surface area contributed by atoms with E-state index in [4.69, 9.17) is 4.74 Å². The smallest absolute Gasteiger partial charge is 0.271 e. The third-order valence-corrected chi connectivity index (χ3v) is 2.32. The molecule has 0 spiro atoms. The van der Waals surface area contributed by atoms with Gasteiger partial charge in [0.2, 0.25) is 0 Å². The molecule has 0 amide bonds. The number of nitro groups is 1. The number of methoxy groups -OCH3 is 1. The monoisotopic (exact) mass is 236 g/mol. The molecule has 7 heteroatoms. The SMILES string of the molecule is COc1ccc([N+](=O)[O-])cc1NC1=NCCN1. The molecule has 0 saturated carbocycles. The van der Waals surface area contributed by atoms with Crippen molar-refractivity contribution in [2.75, 3.05) is 25.5 Å². The molecule has 0 fully saturated rings. The molecule has 1 heterocycles. The lowest BCUT2D eigenvalue weighted by atomic mass is 10.2. The first-order valence-corrected chi connectivity index (χ1v) is 5.08. The van der Waals surface area contributed by atoms with E-state index in [-0.39, 0.29) is 5.69 Å². The molecule has 0 saturated heterocycles. The number of non-ortho nitro benzene ring substituents is 1. The fourth-order valence-electron chi connectivity index (χ4n) is 1.52. The van der Waals surface area contributed by atoms with E-state index in [0.717, 1.165) is 6.54 Å². The highest BCUT2D eigenvalue weighted by Crippen LogP contribution is 2.28. The van der Waals surface area contributed by atoms with E-state index in [1.807, 2.05) is 0 Å². The second kappa shape index (κ2) is 4.69. The third kappa shape index (κ3) is 2.44. The lowest BCUT2D eigenvalue weighted by Crippen LogP contribution is -2.26. The van der Waals surface area contributed by atoms with Gasteiger partial charge in [0.15, 0.2) is 5.96 Å². The number of nitrogens with one attached hydrogen (secondary N) is 2. The molecule has 0 atom stereocenters. The molecule has 0 unspecified atom stereocenters. The predicted molar refractivity (Wildman–Crippen MR) is 63.6 cm³/mol. The predicted octanol–water partition coefficient (Wildman–Crippen LogP) is 0.974. The Bertz CT molecular complexity index is 473. The van der Waals surface area contributed by atoms with Gasteiger partial charge in [0.1, 0.15) is 5.75 Å². The topological polar surface area (TPSA) is 88.8 Å². The molecule has 2 N–H and O–H groups in total. The number of rotatable bonds is 3. The van der Waals surface area contributed by atoms with Crippen molar-refractivity contribution in [3.8, 4) is 5.75 Å². The van der Waals surface area contributed by atoms with Crippen molar-refractivity contribution in [1.29, 1.82) is 0 Å². The van der Waals surface area contributed by atoms with Gasteiger partial charge in [-0.25, -0.2) is 0 Å². The Morgan fingerprint density at radius 1 is 1.59 bits per heavy atom. The molecule has 0 aromatic heterocycles. The van der Waals surface area contributed by atoms with Crippen molar-refractivity contribution in [2.45, 2.75) is 0 Å². The van der Waals surface area contributed by atoms with Crippen LogP contribution in [0.4, 0.5) is 11.4 Å². The molecule has 90 valence electrons. The number of nitro benzene ring substituents is 1. The molecule has 0 radical (unpaired) electrons. The van der Waals surface area contributed by atoms with Crippen LogP contribution in [0.15, 0.2) is 23.2 Å². The van der Waals surface area contributed by atoms with E-state index in [1.165, 1.54) is 19.2 Å². The summed E-state index contributed by atoms with van der Waals surface area (Å²) in [6.07, 6.45) is 0. The van der Waals surface area contributed by atoms with Gasteiger partial charge in [-0.15, -0.1) is 0 Å². The standard InChI is InChI=1S/C10H12N4O3/c1-17-9-3-2-7(14(15)16)6-8(9)13-10-11-4-5-12-10/h2-3,6H,4-5H2,1H3,(H2,11,12,13). The van der Waals surface area contributed by atoms with E-state index in [1.54, 1.807) is 6.07 Å². The minimum absolute atomic E-state index is 0.00639. The number of benzene rings is 1. The molecular formula is C10H12N4O3. The number of hydrogen-bond acceptors (Lipinski definition) is 6. The molecule has 2 rings (SSSR count). The summed E-state index contributed by atoms with van der Waals surface area (Å²) in [7, 11) is 1.51. The van der Waals surface area contributed by atoms with E-state index < -0.39 is 4.92 Å². The zero-order chi connectivity index (χ0) is 12.3. The second-order valence-electron chi connectivity index (χ2n) is 3.42. The van der Waals surface area contributed by atoms with Gasteiger partial charge < -0.3 is 15.4 Å². The van der Waals surface area contributed by atoms with Gasteiger partial charge in [0.25, 0.3) is 5.69 Å². The van der Waals surface area contributed by atoms with Gasteiger partial charge in [0, 0.05) is 18.7 Å². The summed E-state index contributed by atoms with van der Waals surface area (Å²) in [4.78, 5) is 14.4. The van der Waals surface area contributed by atoms with Crippen molar-refractivity contribution < 1.29 is 9.66 Å². The fourth-order valence-corrected chi connectivity index (χ4v) is 1.52. The van der Waals surface area contributed by atoms with Gasteiger partial charge in [-0.1, -0.05) is 0 Å². The first kappa shape index (κ1) is 11.2. The molecule has 1 aliphatic rings. The maximum Gasteiger partial charge on any atom is 0.271 e. The van der Waals surface area contributed by atoms with E-state index in [9.17, 15) is 10.1 Å². The molecule has 7 nitrogen and oxygen atoms in total. The number of aliphatic imine (C=N–C) groups is 1. The molecule has 1 aromatic rings. The van der Waals surface area contributed by atoms with Crippen molar-refractivity contribution in [3.05, 3.63) is 28.3 Å². The van der Waals surface area contributed by atoms with Gasteiger partial charge >= 0.3 is 0 Å². The Hall–Kier alpha value is -2.31. The van der Waals surface area contributed by atoms with Crippen LogP contribution in [0.2, 0.25) is 0 Å². The van der Waals surface area contributed by atoms with Gasteiger partial charge in [-0.05, 0) is 6.07 Å². The number of nitrogens with zero attached hydrogens (tertiary/aromatic N) is 2. The van der Waals surface area contributed by atoms with E-state index >= 15 is 0 Å². The number of ether oxygens (including phenoxy) is 1. The van der Waals surface area contributed by atoms with Crippen LogP contribution in [-0.2, 0) is 0 Å². The van der Waals surface area contributed by atoms with Gasteiger partial charge in [-0.2, -0.15) is 0 Å². The highest BCUT2D eigenvalue weighted by atomic mass is 16.6. The van der Waals surface area contributed by atoms with Crippen LogP contribution in [0.5, 0.6) is 5.75 Å². The summed E-state index contributed by atoms with van der Waals surface area (Å²) in [6, 6.07) is 4.37. The quantitative estimate of drug-likeness (QED) is 0.603. The van der Waals surface area contributed by atoms with E-state index in [2.05, 4.69) is 15.6 Å². The Kier molecular flexibility index (Phi) is 3.08. The van der Waals surface area contributed by atoms with E-state index in [0.29, 0.717) is 23.9 Å². The van der Waals surface area contributed by atoms with Gasteiger partial charge in [-0.3, -0.25) is 15.1 Å². The largest absolute Gasteiger partial charge is 0.495 e. The van der Waals surface area contributed by atoms with Gasteiger partial charge in [0.05, 0.1) is 24.3 Å². The van der Waals surface area contributed by atoms with Crippen LogP contribution in [0.3, 0.4) is 0 Å². The third-order valence-electron chi connectivity index (χ3n) is 2.32. The summed E-state index contributed by atoms with van der Waals surface area (Å²) in [5.74, 6) is 1.13. The molecule has 1 aromatic carbocycles. The molecule has 0 aliphatic carbocycles. The molecular weight excluding hydrogens is 224 g/mol. The lowest BCUT2D eigenvalue weighted by Gasteiger charge is -2.10. The molecule has 17 heavy (non-hydrogen) atoms. The van der Waals surface area contributed by atoms with Crippen molar-refractivity contribution in [3.63, 3.8) is 0 Å². The van der Waals surface area contributed by atoms with Crippen LogP contribution in [-0.4, -0.2) is 31.1 Å². The minimum Gasteiger partial charge on any atom is -0.495 e. The van der Waals surface area contributed by atoms with Crippen molar-refractivity contribution in [1.82, 2.24) is 5.32 Å². The summed E-state index contributed by atoms with van der Waals surface area (Å²) in [6.45, 7) is 1.46. The number of hydrogen-bond donors (Lipinski definition) is 2. The first-order valence-electron chi connectivity index (χ1n) is 5.08. The maximum absolute atomic E-state index is 10.7. The summed E-state index contributed by atoms with van der Waals surface area (Å²) in [5, 5.41) is 16.7. The Morgan fingerprint density at radius 3 is 3.00 bits per heavy atom. The van der Waals surface area contributed by atoms with Crippen molar-refractivity contribution >= 4 is 17.3 Å². The number of anilines is 1. The average molecular weight is 236 g/mol. The Morgan fingerprint density at radius 2 is 2.41 bits per heavy atom. The van der Waals surface area contributed by atoms with Crippen LogP contribution in [0.25, 0.3) is 0 Å². The summed E-state index contributed by atoms with van der Waals surface area (Å²) >= 11 is 0. The first-order chi connectivity index (χ1) is 8.20. The minimum atomic E-state index is -0.450. The highest BCUT2D eigenvalue weighted by Gasteiger charge is 2.13. The van der Waals surface area contributed by atoms with Crippen LogP contribution in [0.1, 0.15) is 0 Å².